The third kappa shape index (κ3) is 5.31. The van der Waals surface area contributed by atoms with Gasteiger partial charge < -0.3 is 9.90 Å². The molecule has 1 amide bonds. The fraction of sp³-hybridized carbons (Fsp3) is 0.682. The molecule has 0 saturated heterocycles. The van der Waals surface area contributed by atoms with E-state index in [-0.39, 0.29) is 5.69 Å². The SMILES string of the molecule is Cc1cc(C(C)(C)C)c(N(C(=O)[O-])S(=O)(=O)N(C(C)C)C(C)C)c(C(C)(C)C)c1. The van der Waals surface area contributed by atoms with Crippen LogP contribution >= 0.6 is 0 Å². The number of anilines is 1. The Labute approximate surface area is 177 Å². The Morgan fingerprint density at radius 1 is 0.897 bits per heavy atom. The van der Waals surface area contributed by atoms with Crippen LogP contribution in [-0.4, -0.2) is 30.9 Å². The molecule has 29 heavy (non-hydrogen) atoms. The van der Waals surface area contributed by atoms with Gasteiger partial charge in [-0.1, -0.05) is 59.2 Å². The van der Waals surface area contributed by atoms with Crippen LogP contribution < -0.4 is 9.41 Å². The van der Waals surface area contributed by atoms with Crippen molar-refractivity contribution in [3.8, 4) is 0 Å². The first-order valence-corrected chi connectivity index (χ1v) is 11.4. The molecule has 0 spiro atoms. The van der Waals surface area contributed by atoms with Crippen LogP contribution in [0.15, 0.2) is 12.1 Å². The van der Waals surface area contributed by atoms with Crippen LogP contribution in [0.3, 0.4) is 0 Å². The second-order valence-electron chi connectivity index (χ2n) is 10.3. The van der Waals surface area contributed by atoms with E-state index >= 15 is 0 Å². The minimum Gasteiger partial charge on any atom is -0.529 e. The van der Waals surface area contributed by atoms with Crippen LogP contribution in [0.2, 0.25) is 0 Å². The van der Waals surface area contributed by atoms with Crippen molar-refractivity contribution < 1.29 is 18.3 Å². The first-order valence-electron chi connectivity index (χ1n) is 10.0. The maximum atomic E-state index is 13.6. The predicted octanol–water partition coefficient (Wildman–Crippen LogP) is 4.10. The number of nitrogens with zero attached hydrogens (tertiary/aromatic N) is 2. The molecule has 0 heterocycles. The number of carboxylic acid groups (broad SMARTS) is 1. The number of aryl methyl sites for hydroxylation is 1. The van der Waals surface area contributed by atoms with Crippen LogP contribution in [0.25, 0.3) is 0 Å². The molecule has 0 aliphatic heterocycles. The van der Waals surface area contributed by atoms with Gasteiger partial charge in [0.1, 0.15) is 0 Å². The Morgan fingerprint density at radius 2 is 1.24 bits per heavy atom. The van der Waals surface area contributed by atoms with Gasteiger partial charge in [0.2, 0.25) is 0 Å². The maximum absolute atomic E-state index is 13.6. The molecule has 0 aromatic heterocycles. The van der Waals surface area contributed by atoms with E-state index in [1.807, 2.05) is 60.6 Å². The van der Waals surface area contributed by atoms with Gasteiger partial charge >= 0.3 is 10.2 Å². The highest BCUT2D eigenvalue weighted by molar-refractivity contribution is 7.91. The lowest BCUT2D eigenvalue weighted by atomic mass is 9.77. The lowest BCUT2D eigenvalue weighted by Gasteiger charge is -2.40. The average molecular weight is 426 g/mol. The standard InChI is InChI=1S/C22H38N2O4S/c1-14(2)23(15(3)4)29(27,28)24(20(25)26)19-17(21(6,7)8)12-16(5)13-18(19)22(9,10)11/h12-15H,1-11H3,(H,25,26)/p-1. The fourth-order valence-electron chi connectivity index (χ4n) is 3.67. The lowest BCUT2D eigenvalue weighted by molar-refractivity contribution is -0.244. The average Bonchev–Trinajstić information content (AvgIpc) is 2.44. The Morgan fingerprint density at radius 3 is 1.48 bits per heavy atom. The van der Waals surface area contributed by atoms with E-state index in [1.165, 1.54) is 4.31 Å². The van der Waals surface area contributed by atoms with Crippen molar-refractivity contribution in [1.29, 1.82) is 0 Å². The summed E-state index contributed by atoms with van der Waals surface area (Å²) in [6.07, 6.45) is -1.75. The zero-order chi connectivity index (χ0) is 23.1. The van der Waals surface area contributed by atoms with Crippen LogP contribution in [0.1, 0.15) is 85.9 Å². The van der Waals surface area contributed by atoms with Gasteiger partial charge in [0.25, 0.3) is 0 Å². The summed E-state index contributed by atoms with van der Waals surface area (Å²) in [7, 11) is -4.39. The summed E-state index contributed by atoms with van der Waals surface area (Å²) < 4.78 is 28.9. The summed E-state index contributed by atoms with van der Waals surface area (Å²) in [4.78, 5) is 12.3. The van der Waals surface area contributed by atoms with Crippen molar-refractivity contribution in [2.45, 2.75) is 99.1 Å². The summed E-state index contributed by atoms with van der Waals surface area (Å²) in [5, 5.41) is 12.3. The molecule has 0 fully saturated rings. The largest absolute Gasteiger partial charge is 0.529 e. The summed E-state index contributed by atoms with van der Waals surface area (Å²) in [6, 6.07) is 2.91. The zero-order valence-electron chi connectivity index (χ0n) is 19.7. The number of carbonyl (C=O) groups is 1. The lowest BCUT2D eigenvalue weighted by Crippen LogP contribution is -2.56. The van der Waals surface area contributed by atoms with Crippen LogP contribution in [-0.2, 0) is 21.0 Å². The number of carbonyl (C=O) groups excluding carboxylic acids is 1. The minimum absolute atomic E-state index is 0.182. The molecule has 0 radical (unpaired) electrons. The van der Waals surface area contributed by atoms with Crippen molar-refractivity contribution >= 4 is 22.0 Å². The van der Waals surface area contributed by atoms with E-state index in [0.717, 1.165) is 5.56 Å². The molecule has 0 atom stereocenters. The van der Waals surface area contributed by atoms with Crippen molar-refractivity contribution in [2.75, 3.05) is 4.31 Å². The smallest absolute Gasteiger partial charge is 0.309 e. The Bertz CT molecular complexity index is 817. The van der Waals surface area contributed by atoms with Crippen LogP contribution in [0.4, 0.5) is 10.5 Å². The summed E-state index contributed by atoms with van der Waals surface area (Å²) in [6.45, 7) is 20.5. The fourth-order valence-corrected chi connectivity index (χ4v) is 5.54. The van der Waals surface area contributed by atoms with Crippen molar-refractivity contribution in [2.24, 2.45) is 0 Å². The molecule has 6 nitrogen and oxygen atoms in total. The van der Waals surface area contributed by atoms with Gasteiger partial charge in [-0.15, -0.1) is 0 Å². The Balaban J connectivity index is 4.12. The topological polar surface area (TPSA) is 80.8 Å². The predicted molar refractivity (Wildman–Crippen MR) is 117 cm³/mol. The number of amides is 1. The maximum Gasteiger partial charge on any atom is 0.309 e. The third-order valence-corrected chi connectivity index (χ3v) is 6.92. The molecule has 166 valence electrons. The van der Waals surface area contributed by atoms with Crippen LogP contribution in [0.5, 0.6) is 0 Å². The van der Waals surface area contributed by atoms with Crippen molar-refractivity contribution in [1.82, 2.24) is 4.31 Å². The van der Waals surface area contributed by atoms with Crippen molar-refractivity contribution in [3.63, 3.8) is 0 Å². The van der Waals surface area contributed by atoms with Gasteiger partial charge in [-0.3, -0.25) is 0 Å². The molecule has 7 heteroatoms. The normalized spacial score (nSPS) is 13.4. The molecular weight excluding hydrogens is 388 g/mol. The second kappa shape index (κ2) is 8.26. The van der Waals surface area contributed by atoms with Gasteiger partial charge in [0.05, 0.1) is 5.69 Å². The van der Waals surface area contributed by atoms with E-state index < -0.39 is 39.2 Å². The summed E-state index contributed by atoms with van der Waals surface area (Å²) in [5.74, 6) is 0. The number of rotatable bonds is 5. The molecule has 1 rings (SSSR count). The molecule has 0 aliphatic carbocycles. The van der Waals surface area contributed by atoms with E-state index in [0.29, 0.717) is 15.4 Å². The summed E-state index contributed by atoms with van der Waals surface area (Å²) in [5.41, 5.74) is 1.48. The van der Waals surface area contributed by atoms with Crippen LogP contribution in [0, 0.1) is 6.92 Å². The van der Waals surface area contributed by atoms with Gasteiger partial charge in [-0.25, -0.2) is 4.31 Å². The highest BCUT2D eigenvalue weighted by Gasteiger charge is 2.40. The van der Waals surface area contributed by atoms with Crippen molar-refractivity contribution in [3.05, 3.63) is 28.8 Å². The number of hydrogen-bond acceptors (Lipinski definition) is 4. The molecule has 0 bridgehead atoms. The molecule has 0 N–H and O–H groups in total. The van der Waals surface area contributed by atoms with Gasteiger partial charge in [-0.05, 0) is 56.6 Å². The first-order chi connectivity index (χ1) is 12.8. The van der Waals surface area contributed by atoms with Gasteiger partial charge in [0.15, 0.2) is 6.09 Å². The molecule has 1 aromatic rings. The monoisotopic (exact) mass is 425 g/mol. The first kappa shape index (κ1) is 25.4. The van der Waals surface area contributed by atoms with Gasteiger partial charge in [0, 0.05) is 12.1 Å². The Hall–Kier alpha value is -1.60. The highest BCUT2D eigenvalue weighted by atomic mass is 32.2. The molecule has 0 saturated carbocycles. The van der Waals surface area contributed by atoms with E-state index in [2.05, 4.69) is 0 Å². The van der Waals surface area contributed by atoms with E-state index in [9.17, 15) is 18.3 Å². The molecular formula is C22H37N2O4S-. The highest BCUT2D eigenvalue weighted by Crippen LogP contribution is 2.42. The molecule has 1 aromatic carbocycles. The number of hydrogen-bond donors (Lipinski definition) is 0. The minimum atomic E-state index is -4.39. The second-order valence-corrected chi connectivity index (χ2v) is 11.9. The molecule has 0 aliphatic rings. The third-order valence-electron chi connectivity index (χ3n) is 4.75. The zero-order valence-corrected chi connectivity index (χ0v) is 20.6. The quantitative estimate of drug-likeness (QED) is 0.711. The van der Waals surface area contributed by atoms with E-state index in [1.54, 1.807) is 27.7 Å². The van der Waals surface area contributed by atoms with E-state index in [4.69, 9.17) is 0 Å². The summed E-state index contributed by atoms with van der Waals surface area (Å²) >= 11 is 0. The molecule has 0 unspecified atom stereocenters. The Kier molecular flexibility index (Phi) is 7.25. The number of benzene rings is 1. The van der Waals surface area contributed by atoms with Gasteiger partial charge in [-0.2, -0.15) is 12.7 Å².